The van der Waals surface area contributed by atoms with Crippen molar-refractivity contribution in [2.24, 2.45) is 7.05 Å². The molecule has 0 aliphatic rings. The molecule has 0 aliphatic heterocycles. The zero-order chi connectivity index (χ0) is 18.7. The van der Waals surface area contributed by atoms with E-state index in [1.54, 1.807) is 6.92 Å². The highest BCUT2D eigenvalue weighted by Gasteiger charge is 2.19. The molecule has 1 aromatic heterocycles. The van der Waals surface area contributed by atoms with Gasteiger partial charge in [-0.25, -0.2) is 4.39 Å². The zero-order valence-electron chi connectivity index (χ0n) is 14.1. The van der Waals surface area contributed by atoms with Gasteiger partial charge in [0.2, 0.25) is 5.91 Å². The van der Waals surface area contributed by atoms with E-state index in [-0.39, 0.29) is 10.9 Å². The number of hydrogen-bond acceptors (Lipinski definition) is 4. The summed E-state index contributed by atoms with van der Waals surface area (Å²) in [6, 6.07) is 13.8. The third kappa shape index (κ3) is 4.05. The third-order valence-corrected chi connectivity index (χ3v) is 5.13. The molecule has 5 nitrogen and oxygen atoms in total. The lowest BCUT2D eigenvalue weighted by Crippen LogP contribution is -2.22. The SMILES string of the molecule is CC(Sc1nnc(-c2ccccc2)n1C)C(=O)Nc1ccc(F)c(Cl)c1. The molecule has 3 aromatic rings. The predicted molar refractivity (Wildman–Crippen MR) is 102 cm³/mol. The minimum atomic E-state index is -0.528. The lowest BCUT2D eigenvalue weighted by atomic mass is 10.2. The summed E-state index contributed by atoms with van der Waals surface area (Å²) in [4.78, 5) is 12.4. The molecule has 0 aliphatic carbocycles. The second-order valence-corrected chi connectivity index (χ2v) is 7.32. The Kier molecular flexibility index (Phi) is 5.58. The van der Waals surface area contributed by atoms with Gasteiger partial charge in [-0.3, -0.25) is 4.79 Å². The highest BCUT2D eigenvalue weighted by molar-refractivity contribution is 8.00. The molecule has 26 heavy (non-hydrogen) atoms. The molecule has 3 rings (SSSR count). The first-order chi connectivity index (χ1) is 12.5. The molecule has 134 valence electrons. The summed E-state index contributed by atoms with van der Waals surface area (Å²) < 4.78 is 15.0. The second kappa shape index (κ2) is 7.88. The predicted octanol–water partition coefficient (Wildman–Crippen LogP) is 4.39. The topological polar surface area (TPSA) is 59.8 Å². The zero-order valence-corrected chi connectivity index (χ0v) is 15.7. The Morgan fingerprint density at radius 2 is 1.96 bits per heavy atom. The van der Waals surface area contributed by atoms with Crippen LogP contribution in [0.25, 0.3) is 11.4 Å². The number of nitrogens with one attached hydrogen (secondary N) is 1. The first-order valence-electron chi connectivity index (χ1n) is 7.83. The average Bonchev–Trinajstić information content (AvgIpc) is 2.99. The van der Waals surface area contributed by atoms with Crippen LogP contribution in [0, 0.1) is 5.82 Å². The van der Waals surface area contributed by atoms with E-state index in [0.717, 1.165) is 11.4 Å². The van der Waals surface area contributed by atoms with Gasteiger partial charge in [0.25, 0.3) is 0 Å². The Bertz CT molecular complexity index is 932. The van der Waals surface area contributed by atoms with Crippen LogP contribution >= 0.6 is 23.4 Å². The van der Waals surface area contributed by atoms with Gasteiger partial charge in [0, 0.05) is 18.3 Å². The van der Waals surface area contributed by atoms with E-state index in [0.29, 0.717) is 10.8 Å². The van der Waals surface area contributed by atoms with E-state index < -0.39 is 11.1 Å². The molecule has 1 heterocycles. The van der Waals surface area contributed by atoms with E-state index in [1.165, 1.54) is 30.0 Å². The Morgan fingerprint density at radius 1 is 1.23 bits per heavy atom. The number of hydrogen-bond donors (Lipinski definition) is 1. The van der Waals surface area contributed by atoms with Gasteiger partial charge in [-0.15, -0.1) is 10.2 Å². The third-order valence-electron chi connectivity index (χ3n) is 3.71. The monoisotopic (exact) mass is 390 g/mol. The normalized spacial score (nSPS) is 12.0. The highest BCUT2D eigenvalue weighted by Crippen LogP contribution is 2.26. The van der Waals surface area contributed by atoms with Crippen LogP contribution in [0.5, 0.6) is 0 Å². The molecular formula is C18H16ClFN4OS. The number of nitrogens with zero attached hydrogens (tertiary/aromatic N) is 3. The summed E-state index contributed by atoms with van der Waals surface area (Å²) in [5, 5.41) is 11.3. The van der Waals surface area contributed by atoms with Crippen LogP contribution in [0.3, 0.4) is 0 Å². The van der Waals surface area contributed by atoms with Gasteiger partial charge < -0.3 is 9.88 Å². The molecule has 0 fully saturated rings. The minimum Gasteiger partial charge on any atom is -0.325 e. The number of amides is 1. The maximum atomic E-state index is 13.2. The number of benzene rings is 2. The fraction of sp³-hybridized carbons (Fsp3) is 0.167. The molecule has 1 atom stereocenters. The van der Waals surface area contributed by atoms with E-state index in [2.05, 4.69) is 15.5 Å². The number of thioether (sulfide) groups is 1. The van der Waals surface area contributed by atoms with Crippen LogP contribution in [-0.2, 0) is 11.8 Å². The van der Waals surface area contributed by atoms with Crippen LogP contribution in [0.2, 0.25) is 5.02 Å². The van der Waals surface area contributed by atoms with Crippen molar-refractivity contribution < 1.29 is 9.18 Å². The molecule has 8 heteroatoms. The number of rotatable bonds is 5. The fourth-order valence-corrected chi connectivity index (χ4v) is 3.28. The Morgan fingerprint density at radius 3 is 2.65 bits per heavy atom. The van der Waals surface area contributed by atoms with Crippen LogP contribution in [0.1, 0.15) is 6.92 Å². The van der Waals surface area contributed by atoms with E-state index in [4.69, 9.17) is 11.6 Å². The average molecular weight is 391 g/mol. The van der Waals surface area contributed by atoms with Crippen molar-refractivity contribution in [1.82, 2.24) is 14.8 Å². The van der Waals surface area contributed by atoms with Gasteiger partial charge in [-0.1, -0.05) is 53.7 Å². The van der Waals surface area contributed by atoms with Crippen molar-refractivity contribution in [3.8, 4) is 11.4 Å². The van der Waals surface area contributed by atoms with Crippen molar-refractivity contribution in [2.75, 3.05) is 5.32 Å². The molecule has 0 radical (unpaired) electrons. The lowest BCUT2D eigenvalue weighted by molar-refractivity contribution is -0.115. The summed E-state index contributed by atoms with van der Waals surface area (Å²) in [5.41, 5.74) is 1.39. The lowest BCUT2D eigenvalue weighted by Gasteiger charge is -2.12. The van der Waals surface area contributed by atoms with Gasteiger partial charge in [-0.05, 0) is 25.1 Å². The quantitative estimate of drug-likeness (QED) is 0.656. The first kappa shape index (κ1) is 18.4. The largest absolute Gasteiger partial charge is 0.325 e. The number of aromatic nitrogens is 3. The highest BCUT2D eigenvalue weighted by atomic mass is 35.5. The van der Waals surface area contributed by atoms with Crippen LogP contribution in [0.15, 0.2) is 53.7 Å². The molecule has 0 saturated heterocycles. The first-order valence-corrected chi connectivity index (χ1v) is 9.09. The van der Waals surface area contributed by atoms with E-state index >= 15 is 0 Å². The van der Waals surface area contributed by atoms with Gasteiger partial charge in [0.05, 0.1) is 10.3 Å². The summed E-state index contributed by atoms with van der Waals surface area (Å²) in [5.74, 6) is -0.0347. The second-order valence-electron chi connectivity index (χ2n) is 5.61. The minimum absolute atomic E-state index is 0.0380. The standard InChI is InChI=1S/C18H16ClFN4OS/c1-11(17(25)21-13-8-9-15(20)14(19)10-13)26-18-23-22-16(24(18)2)12-6-4-3-5-7-12/h3-11H,1-2H3,(H,21,25). The smallest absolute Gasteiger partial charge is 0.237 e. The Labute approximate surface area is 159 Å². The van der Waals surface area contributed by atoms with Crippen molar-refractivity contribution in [1.29, 1.82) is 0 Å². The molecular weight excluding hydrogens is 375 g/mol. The van der Waals surface area contributed by atoms with Crippen LogP contribution < -0.4 is 5.32 Å². The maximum Gasteiger partial charge on any atom is 0.237 e. The van der Waals surface area contributed by atoms with E-state index in [1.807, 2.05) is 41.9 Å². The van der Waals surface area contributed by atoms with Crippen molar-refractivity contribution in [2.45, 2.75) is 17.3 Å². The van der Waals surface area contributed by atoms with Gasteiger partial charge >= 0.3 is 0 Å². The fourth-order valence-electron chi connectivity index (χ4n) is 2.29. The molecule has 1 N–H and O–H groups in total. The van der Waals surface area contributed by atoms with Gasteiger partial charge in [0.1, 0.15) is 5.82 Å². The summed E-state index contributed by atoms with van der Waals surface area (Å²) in [6.45, 7) is 1.77. The van der Waals surface area contributed by atoms with Crippen molar-refractivity contribution >= 4 is 35.0 Å². The maximum absolute atomic E-state index is 13.2. The Hall–Kier alpha value is -2.38. The number of halogens is 2. The van der Waals surface area contributed by atoms with Crippen LogP contribution in [0.4, 0.5) is 10.1 Å². The molecule has 1 unspecified atom stereocenters. The van der Waals surface area contributed by atoms with Gasteiger partial charge in [0.15, 0.2) is 11.0 Å². The summed E-state index contributed by atoms with van der Waals surface area (Å²) in [7, 11) is 1.86. The summed E-state index contributed by atoms with van der Waals surface area (Å²) in [6.07, 6.45) is 0. The van der Waals surface area contributed by atoms with E-state index in [9.17, 15) is 9.18 Å². The summed E-state index contributed by atoms with van der Waals surface area (Å²) >= 11 is 7.03. The number of carbonyl (C=O) groups excluding carboxylic acids is 1. The van der Waals surface area contributed by atoms with Crippen molar-refractivity contribution in [3.05, 3.63) is 59.4 Å². The molecule has 2 aromatic carbocycles. The Balaban J connectivity index is 1.69. The van der Waals surface area contributed by atoms with Crippen LogP contribution in [-0.4, -0.2) is 25.9 Å². The molecule has 1 amide bonds. The molecule has 0 spiro atoms. The molecule has 0 bridgehead atoms. The van der Waals surface area contributed by atoms with Gasteiger partial charge in [-0.2, -0.15) is 0 Å². The molecule has 0 saturated carbocycles. The number of carbonyl (C=O) groups is 1. The van der Waals surface area contributed by atoms with Crippen molar-refractivity contribution in [3.63, 3.8) is 0 Å². The number of anilines is 1.